The van der Waals surface area contributed by atoms with Crippen LogP contribution in [0.3, 0.4) is 0 Å². The number of benzene rings is 4. The van der Waals surface area contributed by atoms with Crippen molar-refractivity contribution >= 4 is 20.2 Å². The normalized spacial score (nSPS) is 20.6. The van der Waals surface area contributed by atoms with Crippen LogP contribution in [0.25, 0.3) is 34.4 Å². The monoisotopic (exact) mass is 760 g/mol. The zero-order valence-corrected chi connectivity index (χ0v) is 32.6. The van der Waals surface area contributed by atoms with Crippen molar-refractivity contribution in [1.82, 2.24) is 0 Å². The van der Waals surface area contributed by atoms with Gasteiger partial charge in [0.25, 0.3) is 0 Å². The molecule has 2 atom stereocenters. The van der Waals surface area contributed by atoms with Gasteiger partial charge >= 0.3 is 273 Å². The molecule has 1 fully saturated rings. The van der Waals surface area contributed by atoms with E-state index in [4.69, 9.17) is 0 Å². The molecule has 224 valence electrons. The molecule has 1 heterocycles. The molecular weight excluding hydrogens is 711 g/mol. The van der Waals surface area contributed by atoms with Gasteiger partial charge in [0.1, 0.15) is 0 Å². The molecule has 4 aromatic carbocycles. The Hall–Kier alpha value is -2.55. The molecule has 44 heavy (non-hydrogen) atoms. The molecule has 0 amide bonds. The second-order valence-electron chi connectivity index (χ2n) is 14.8. The van der Waals surface area contributed by atoms with Crippen molar-refractivity contribution in [2.75, 3.05) is 0 Å². The Kier molecular flexibility index (Phi) is 7.57. The van der Waals surface area contributed by atoms with Gasteiger partial charge in [0.05, 0.1) is 0 Å². The molecule has 0 radical (unpaired) electrons. The molecule has 7 rings (SSSR count). The molecule has 0 spiro atoms. The maximum atomic E-state index is 2.80. The van der Waals surface area contributed by atoms with E-state index >= 15 is 0 Å². The molecule has 0 aromatic heterocycles. The van der Waals surface area contributed by atoms with Crippen LogP contribution in [0.5, 0.6) is 0 Å². The molecule has 2 unspecified atom stereocenters. The predicted molar refractivity (Wildman–Crippen MR) is 192 cm³/mol. The SMILES string of the molecule is CC[Si]1(CC)C2=Cc3c(-c4ccc(C(C)C)cc4)cccc3[CH]2[Hf]([CH3])([CH3])[CH]2C1=Cc1c(-c3ccc(C(C)C)cc3)cccc12. The van der Waals surface area contributed by atoms with Crippen molar-refractivity contribution in [2.24, 2.45) is 0 Å². The number of fused-ring (bicyclic) bond motifs is 6. The van der Waals surface area contributed by atoms with E-state index < -0.39 is 28.0 Å². The van der Waals surface area contributed by atoms with Gasteiger partial charge in [-0.2, -0.15) is 0 Å². The first kappa shape index (κ1) is 30.1. The molecule has 1 saturated heterocycles. The van der Waals surface area contributed by atoms with Crippen molar-refractivity contribution in [3.63, 3.8) is 0 Å². The maximum absolute atomic E-state index is 3.04. The number of rotatable bonds is 6. The zero-order chi connectivity index (χ0) is 31.0. The van der Waals surface area contributed by atoms with E-state index in [0.717, 1.165) is 0 Å². The van der Waals surface area contributed by atoms with Crippen LogP contribution in [-0.2, 0) is 20.0 Å². The first-order valence-corrected chi connectivity index (χ1v) is 30.8. The van der Waals surface area contributed by atoms with E-state index in [1.54, 1.807) is 11.1 Å². The second-order valence-corrected chi connectivity index (χ2v) is 36.8. The van der Waals surface area contributed by atoms with E-state index in [0.29, 0.717) is 19.2 Å². The van der Waals surface area contributed by atoms with E-state index in [1.807, 2.05) is 10.4 Å². The molecule has 2 heteroatoms. The van der Waals surface area contributed by atoms with Gasteiger partial charge in [-0.1, -0.05) is 0 Å². The van der Waals surface area contributed by atoms with Gasteiger partial charge in [-0.15, -0.1) is 0 Å². The Morgan fingerprint density at radius 1 is 0.568 bits per heavy atom. The molecule has 0 saturated carbocycles. The molecule has 0 bridgehead atoms. The Bertz CT molecular complexity index is 1670. The quantitative estimate of drug-likeness (QED) is 0.172. The van der Waals surface area contributed by atoms with Crippen LogP contribution in [0.1, 0.15) is 94.1 Å². The van der Waals surface area contributed by atoms with E-state index in [9.17, 15) is 0 Å². The van der Waals surface area contributed by atoms with Crippen molar-refractivity contribution in [2.45, 2.75) is 82.2 Å². The van der Waals surface area contributed by atoms with Gasteiger partial charge in [0.15, 0.2) is 0 Å². The molecule has 4 aromatic rings. The summed E-state index contributed by atoms with van der Waals surface area (Å²) >= 11 is -3.04. The van der Waals surface area contributed by atoms with Crippen LogP contribution in [-0.4, -0.2) is 8.07 Å². The van der Waals surface area contributed by atoms with Crippen LogP contribution in [0.2, 0.25) is 21.4 Å². The Morgan fingerprint density at radius 2 is 0.955 bits per heavy atom. The van der Waals surface area contributed by atoms with Gasteiger partial charge in [-0.3, -0.25) is 0 Å². The standard InChI is InChI=1S/C40H42Si.2CH3.Hf/c1-7-41(8-2,35-23-33-11-9-13-37(39(33)25-35)31-19-15-29(16-20-31)27(3)4)36-24-34-12-10-14-38(40(34)26-36)32-21-17-30(18-22-32)28(5)6;;;/h9-28H,7-8H2,1-6H3;2*1H3;. The second kappa shape index (κ2) is 11.1. The zero-order valence-electron chi connectivity index (χ0n) is 28.0. The summed E-state index contributed by atoms with van der Waals surface area (Å²) in [4.78, 5) is 0. The van der Waals surface area contributed by atoms with Crippen LogP contribution in [0.15, 0.2) is 95.3 Å². The molecule has 0 N–H and O–H groups in total. The Balaban J connectivity index is 1.40. The third kappa shape index (κ3) is 4.37. The summed E-state index contributed by atoms with van der Waals surface area (Å²) in [5.74, 6) is 1.12. The Labute approximate surface area is 271 Å². The average molecular weight is 759 g/mol. The Morgan fingerprint density at radius 3 is 1.30 bits per heavy atom. The van der Waals surface area contributed by atoms with Gasteiger partial charge in [-0.25, -0.2) is 0 Å². The van der Waals surface area contributed by atoms with Gasteiger partial charge in [-0.05, 0) is 0 Å². The third-order valence-corrected chi connectivity index (χ3v) is 34.4. The summed E-state index contributed by atoms with van der Waals surface area (Å²) in [6.07, 6.45) is 5.50. The predicted octanol–water partition coefficient (Wildman–Crippen LogP) is 12.7. The van der Waals surface area contributed by atoms with Crippen LogP contribution in [0.4, 0.5) is 0 Å². The van der Waals surface area contributed by atoms with Crippen molar-refractivity contribution < 1.29 is 20.0 Å². The summed E-state index contributed by atoms with van der Waals surface area (Å²) in [5, 5.41) is 3.77. The van der Waals surface area contributed by atoms with Crippen LogP contribution in [0, 0.1) is 0 Å². The van der Waals surface area contributed by atoms with Gasteiger partial charge in [0, 0.05) is 0 Å². The number of hydrogen-bond acceptors (Lipinski definition) is 0. The van der Waals surface area contributed by atoms with E-state index in [1.165, 1.54) is 56.6 Å². The van der Waals surface area contributed by atoms with E-state index in [2.05, 4.69) is 148 Å². The van der Waals surface area contributed by atoms with E-state index in [-0.39, 0.29) is 0 Å². The molecular formula is C42H48HfSi. The van der Waals surface area contributed by atoms with Gasteiger partial charge < -0.3 is 0 Å². The summed E-state index contributed by atoms with van der Waals surface area (Å²) < 4.78 is 6.96. The minimum atomic E-state index is -3.04. The number of allylic oxidation sites excluding steroid dienone is 2. The fraction of sp³-hybridized carbons (Fsp3) is 0.333. The molecule has 2 aliphatic carbocycles. The third-order valence-electron chi connectivity index (χ3n) is 11.7. The first-order valence-electron chi connectivity index (χ1n) is 17.0. The summed E-state index contributed by atoms with van der Waals surface area (Å²) in [6.45, 7) is 14.2. The van der Waals surface area contributed by atoms with Gasteiger partial charge in [0.2, 0.25) is 0 Å². The molecule has 1 aliphatic heterocycles. The van der Waals surface area contributed by atoms with Crippen LogP contribution < -0.4 is 0 Å². The van der Waals surface area contributed by atoms with Crippen molar-refractivity contribution in [3.8, 4) is 22.3 Å². The first-order chi connectivity index (χ1) is 21.1. The average Bonchev–Trinajstić information content (AvgIpc) is 3.63. The molecule has 3 aliphatic rings. The minimum absolute atomic E-state index is 0.558. The summed E-state index contributed by atoms with van der Waals surface area (Å²) in [5.41, 5.74) is 14.8. The summed E-state index contributed by atoms with van der Waals surface area (Å²) in [6, 6.07) is 36.0. The summed E-state index contributed by atoms with van der Waals surface area (Å²) in [7, 11) is -1.89. The fourth-order valence-corrected chi connectivity index (χ4v) is 41.1. The van der Waals surface area contributed by atoms with Crippen molar-refractivity contribution in [1.29, 1.82) is 0 Å². The fourth-order valence-electron chi connectivity index (χ4n) is 9.23. The number of hydrogen-bond donors (Lipinski definition) is 0. The topological polar surface area (TPSA) is 0 Å². The van der Waals surface area contributed by atoms with Crippen LogP contribution >= 0.6 is 0 Å². The molecule has 0 nitrogen and oxygen atoms in total. The van der Waals surface area contributed by atoms with Crippen molar-refractivity contribution in [3.05, 3.63) is 129 Å².